The van der Waals surface area contributed by atoms with Crippen molar-refractivity contribution in [3.05, 3.63) is 68.9 Å². The predicted molar refractivity (Wildman–Crippen MR) is 93.9 cm³/mol. The summed E-state index contributed by atoms with van der Waals surface area (Å²) in [6.07, 6.45) is 0.264. The smallest absolute Gasteiger partial charge is 0.261 e. The van der Waals surface area contributed by atoms with E-state index in [1.807, 2.05) is 0 Å². The Morgan fingerprint density at radius 1 is 1.24 bits per heavy atom. The number of para-hydroxylation sites is 1. The van der Waals surface area contributed by atoms with Crippen LogP contribution in [0.15, 0.2) is 47.5 Å². The number of hydrogen-bond acceptors (Lipinski definition) is 4. The van der Waals surface area contributed by atoms with Crippen LogP contribution in [0.3, 0.4) is 0 Å². The van der Waals surface area contributed by atoms with Gasteiger partial charge in [0.15, 0.2) is 5.75 Å². The van der Waals surface area contributed by atoms with Crippen LogP contribution in [-0.2, 0) is 6.54 Å². The van der Waals surface area contributed by atoms with Crippen LogP contribution in [0.25, 0.3) is 10.9 Å². The number of fused-ring (bicyclic) bond motifs is 1. The number of aliphatic hydroxyl groups is 1. The topological polar surface area (TPSA) is 64.4 Å². The average molecular weight is 383 g/mol. The minimum Gasteiger partial charge on any atom is -0.488 e. The largest absolute Gasteiger partial charge is 0.488 e. The van der Waals surface area contributed by atoms with Crippen molar-refractivity contribution in [2.75, 3.05) is 6.61 Å². The molecule has 2 aromatic carbocycles. The average Bonchev–Trinajstić information content (AvgIpc) is 2.57. The minimum atomic E-state index is -0.996. The summed E-state index contributed by atoms with van der Waals surface area (Å²) in [5.74, 6) is -0.202. The van der Waals surface area contributed by atoms with Crippen LogP contribution in [-0.4, -0.2) is 27.4 Å². The van der Waals surface area contributed by atoms with Crippen molar-refractivity contribution in [2.45, 2.75) is 12.6 Å². The van der Waals surface area contributed by atoms with E-state index in [-0.39, 0.29) is 35.4 Å². The molecule has 0 saturated carbocycles. The molecule has 1 heterocycles. The second-order valence-corrected chi connectivity index (χ2v) is 6.19. The van der Waals surface area contributed by atoms with Crippen molar-refractivity contribution in [2.24, 2.45) is 0 Å². The van der Waals surface area contributed by atoms with Crippen molar-refractivity contribution in [1.82, 2.24) is 9.55 Å². The molecule has 25 heavy (non-hydrogen) atoms. The molecule has 3 rings (SSSR count). The Labute approximate surface area is 152 Å². The maximum Gasteiger partial charge on any atom is 0.261 e. The highest BCUT2D eigenvalue weighted by Gasteiger charge is 2.13. The van der Waals surface area contributed by atoms with Crippen LogP contribution in [0, 0.1) is 5.82 Å². The first-order valence-corrected chi connectivity index (χ1v) is 8.11. The normalized spacial score (nSPS) is 12.3. The Morgan fingerprint density at radius 3 is 2.68 bits per heavy atom. The van der Waals surface area contributed by atoms with Crippen molar-refractivity contribution >= 4 is 34.1 Å². The standard InChI is InChI=1S/C17H13Cl2FN2O3/c18-13-2-1-3-14(19)16(13)25-8-11(23)7-22-9-21-15-6-10(20)4-5-12(15)17(22)24/h1-6,9,11,23H,7-8H2/t11-/m0/s1. The monoisotopic (exact) mass is 382 g/mol. The molecule has 1 atom stereocenters. The molecule has 0 bridgehead atoms. The molecule has 0 spiro atoms. The zero-order chi connectivity index (χ0) is 18.0. The van der Waals surface area contributed by atoms with Crippen LogP contribution in [0.5, 0.6) is 5.75 Å². The second kappa shape index (κ2) is 7.39. The summed E-state index contributed by atoms with van der Waals surface area (Å²) < 4.78 is 19.9. The van der Waals surface area contributed by atoms with Gasteiger partial charge in [-0.3, -0.25) is 9.36 Å². The van der Waals surface area contributed by atoms with Gasteiger partial charge in [0.25, 0.3) is 5.56 Å². The third-order valence-corrected chi connectivity index (χ3v) is 4.13. The lowest BCUT2D eigenvalue weighted by atomic mass is 10.2. The molecule has 0 fully saturated rings. The van der Waals surface area contributed by atoms with E-state index < -0.39 is 11.9 Å². The van der Waals surface area contributed by atoms with Gasteiger partial charge in [-0.05, 0) is 24.3 Å². The van der Waals surface area contributed by atoms with Gasteiger partial charge in [-0.15, -0.1) is 0 Å². The summed E-state index contributed by atoms with van der Waals surface area (Å²) >= 11 is 12.0. The van der Waals surface area contributed by atoms with E-state index in [1.54, 1.807) is 18.2 Å². The molecule has 0 aliphatic carbocycles. The van der Waals surface area contributed by atoms with Gasteiger partial charge < -0.3 is 9.84 Å². The first-order valence-electron chi connectivity index (χ1n) is 7.35. The second-order valence-electron chi connectivity index (χ2n) is 5.38. The van der Waals surface area contributed by atoms with Gasteiger partial charge in [-0.25, -0.2) is 9.37 Å². The highest BCUT2D eigenvalue weighted by Crippen LogP contribution is 2.32. The van der Waals surface area contributed by atoms with E-state index >= 15 is 0 Å². The molecule has 0 aliphatic rings. The Balaban J connectivity index is 1.74. The summed E-state index contributed by atoms with van der Waals surface area (Å²) in [6.45, 7) is -0.154. The summed E-state index contributed by atoms with van der Waals surface area (Å²) in [5, 5.41) is 11.0. The first-order chi connectivity index (χ1) is 12.0. The highest BCUT2D eigenvalue weighted by atomic mass is 35.5. The van der Waals surface area contributed by atoms with Crippen molar-refractivity contribution in [1.29, 1.82) is 0 Å². The van der Waals surface area contributed by atoms with Crippen LogP contribution in [0.2, 0.25) is 10.0 Å². The highest BCUT2D eigenvalue weighted by molar-refractivity contribution is 6.37. The third-order valence-electron chi connectivity index (χ3n) is 3.53. The summed E-state index contributed by atoms with van der Waals surface area (Å²) in [7, 11) is 0. The molecule has 0 unspecified atom stereocenters. The fourth-order valence-corrected chi connectivity index (χ4v) is 2.85. The molecule has 8 heteroatoms. The van der Waals surface area contributed by atoms with Gasteiger partial charge in [-0.1, -0.05) is 29.3 Å². The van der Waals surface area contributed by atoms with Crippen LogP contribution in [0.1, 0.15) is 0 Å². The minimum absolute atomic E-state index is 0.0405. The quantitative estimate of drug-likeness (QED) is 0.735. The van der Waals surface area contributed by atoms with Gasteiger partial charge >= 0.3 is 0 Å². The van der Waals surface area contributed by atoms with E-state index in [9.17, 15) is 14.3 Å². The van der Waals surface area contributed by atoms with E-state index in [2.05, 4.69) is 4.98 Å². The maximum atomic E-state index is 13.2. The zero-order valence-electron chi connectivity index (χ0n) is 12.8. The zero-order valence-corrected chi connectivity index (χ0v) is 14.3. The number of hydrogen-bond donors (Lipinski definition) is 1. The lowest BCUT2D eigenvalue weighted by Gasteiger charge is -2.15. The van der Waals surface area contributed by atoms with Gasteiger partial charge in [0.05, 0.1) is 33.8 Å². The fraction of sp³-hybridized carbons (Fsp3) is 0.176. The number of ether oxygens (including phenoxy) is 1. The Kier molecular flexibility index (Phi) is 5.22. The predicted octanol–water partition coefficient (Wildman–Crippen LogP) is 3.28. The summed E-state index contributed by atoms with van der Waals surface area (Å²) in [6, 6.07) is 8.65. The van der Waals surface area contributed by atoms with Gasteiger partial charge in [0.2, 0.25) is 0 Å². The first kappa shape index (κ1) is 17.7. The van der Waals surface area contributed by atoms with E-state index in [1.165, 1.54) is 29.1 Å². The number of aliphatic hydroxyl groups excluding tert-OH is 1. The van der Waals surface area contributed by atoms with E-state index in [0.29, 0.717) is 10.0 Å². The SMILES string of the molecule is O=c1c2ccc(F)cc2ncn1C[C@H](O)COc1c(Cl)cccc1Cl. The van der Waals surface area contributed by atoms with E-state index in [0.717, 1.165) is 0 Å². The lowest BCUT2D eigenvalue weighted by molar-refractivity contribution is 0.0916. The van der Waals surface area contributed by atoms with Gasteiger partial charge in [-0.2, -0.15) is 0 Å². The Hall–Kier alpha value is -2.15. The molecule has 1 N–H and O–H groups in total. The van der Waals surface area contributed by atoms with Crippen LogP contribution >= 0.6 is 23.2 Å². The Morgan fingerprint density at radius 2 is 1.96 bits per heavy atom. The molecule has 130 valence electrons. The molecule has 5 nitrogen and oxygen atoms in total. The molecule has 3 aromatic rings. The number of benzene rings is 2. The molecule has 1 aromatic heterocycles. The maximum absolute atomic E-state index is 13.2. The number of nitrogens with zero attached hydrogens (tertiary/aromatic N) is 2. The number of halogens is 3. The van der Waals surface area contributed by atoms with Crippen molar-refractivity contribution in [3.63, 3.8) is 0 Å². The molecular weight excluding hydrogens is 370 g/mol. The molecule has 0 aliphatic heterocycles. The molecule has 0 saturated heterocycles. The Bertz CT molecular complexity index is 958. The number of aromatic nitrogens is 2. The van der Waals surface area contributed by atoms with Crippen molar-refractivity contribution in [3.8, 4) is 5.75 Å². The lowest BCUT2D eigenvalue weighted by Crippen LogP contribution is -2.30. The molecule has 0 radical (unpaired) electrons. The van der Waals surface area contributed by atoms with Crippen molar-refractivity contribution < 1.29 is 14.2 Å². The van der Waals surface area contributed by atoms with Crippen LogP contribution < -0.4 is 10.3 Å². The van der Waals surface area contributed by atoms with Crippen LogP contribution in [0.4, 0.5) is 4.39 Å². The van der Waals surface area contributed by atoms with Gasteiger partial charge in [0, 0.05) is 6.07 Å². The van der Waals surface area contributed by atoms with Gasteiger partial charge in [0.1, 0.15) is 18.5 Å². The summed E-state index contributed by atoms with van der Waals surface area (Å²) in [5.41, 5.74) is -0.116. The fourth-order valence-electron chi connectivity index (χ4n) is 2.34. The van der Waals surface area contributed by atoms with E-state index in [4.69, 9.17) is 27.9 Å². The molecular formula is C17H13Cl2FN2O3. The molecule has 0 amide bonds. The third kappa shape index (κ3) is 3.92. The summed E-state index contributed by atoms with van der Waals surface area (Å²) in [4.78, 5) is 16.4. The number of rotatable bonds is 5.